The minimum Gasteiger partial charge on any atom is -0.252 e. The van der Waals surface area contributed by atoms with Gasteiger partial charge in [-0.2, -0.15) is 5.26 Å². The van der Waals surface area contributed by atoms with Gasteiger partial charge in [0, 0.05) is 27.2 Å². The van der Waals surface area contributed by atoms with E-state index < -0.39 is 0 Å². The number of benzene rings is 2. The first kappa shape index (κ1) is 12.7. The molecule has 0 amide bonds. The van der Waals surface area contributed by atoms with Crippen molar-refractivity contribution in [1.82, 2.24) is 4.98 Å². The molecule has 3 aromatic rings. The number of fused-ring (bicyclic) bond motifs is 1. The molecule has 1 aromatic heterocycles. The van der Waals surface area contributed by atoms with Crippen LogP contribution in [0.15, 0.2) is 48.5 Å². The average molecular weight is 278 g/mol. The summed E-state index contributed by atoms with van der Waals surface area (Å²) in [6.45, 7) is 3.87. The molecule has 0 N–H and O–H groups in total. The lowest BCUT2D eigenvalue weighted by molar-refractivity contribution is 1.34. The van der Waals surface area contributed by atoms with Crippen molar-refractivity contribution < 1.29 is 0 Å². The van der Waals surface area contributed by atoms with Gasteiger partial charge in [0.1, 0.15) is 0 Å². The van der Waals surface area contributed by atoms with Crippen molar-refractivity contribution in [3.8, 4) is 17.2 Å². The van der Waals surface area contributed by atoms with Crippen molar-refractivity contribution >= 4 is 22.5 Å². The first-order valence-electron chi connectivity index (χ1n) is 6.11. The number of nitrogens with zero attached hydrogens (tertiary/aromatic N) is 2. The number of rotatable bonds is 1. The Kier molecular flexibility index (Phi) is 3.14. The van der Waals surface area contributed by atoms with Crippen LogP contribution in [0.2, 0.25) is 5.02 Å². The van der Waals surface area contributed by atoms with Crippen LogP contribution in [0.3, 0.4) is 0 Å². The number of para-hydroxylation sites is 1. The second-order valence-electron chi connectivity index (χ2n) is 4.49. The smallest absolute Gasteiger partial charge is 0.0992 e. The molecule has 3 heteroatoms. The normalized spacial score (nSPS) is 10.4. The zero-order valence-corrected chi connectivity index (χ0v) is 11.4. The monoisotopic (exact) mass is 277 g/mol. The Morgan fingerprint density at radius 3 is 2.65 bits per heavy atom. The Morgan fingerprint density at radius 2 is 1.90 bits per heavy atom. The molecule has 0 aliphatic carbocycles. The molecule has 0 saturated carbocycles. The molecule has 20 heavy (non-hydrogen) atoms. The molecular weight excluding hydrogens is 268 g/mol. The van der Waals surface area contributed by atoms with E-state index in [9.17, 15) is 0 Å². The molecule has 0 spiro atoms. The number of nitriles is 1. The summed E-state index contributed by atoms with van der Waals surface area (Å²) in [5.74, 6) is 0. The lowest BCUT2D eigenvalue weighted by Crippen LogP contribution is -1.88. The van der Waals surface area contributed by atoms with Gasteiger partial charge in [0.15, 0.2) is 0 Å². The van der Waals surface area contributed by atoms with E-state index in [1.54, 1.807) is 12.1 Å². The highest BCUT2D eigenvalue weighted by atomic mass is 35.5. The van der Waals surface area contributed by atoms with Crippen molar-refractivity contribution in [2.24, 2.45) is 0 Å². The molecule has 0 fully saturated rings. The predicted octanol–water partition coefficient (Wildman–Crippen LogP) is 4.61. The lowest BCUT2D eigenvalue weighted by Gasteiger charge is -2.09. The summed E-state index contributed by atoms with van der Waals surface area (Å²) in [5, 5.41) is 10.5. The number of hydrogen-bond donors (Lipinski definition) is 0. The fourth-order valence-electron chi connectivity index (χ4n) is 2.21. The summed E-state index contributed by atoms with van der Waals surface area (Å²) >= 11 is 6.29. The molecule has 0 aliphatic heterocycles. The quantitative estimate of drug-likeness (QED) is 0.651. The summed E-state index contributed by atoms with van der Waals surface area (Å²) in [4.78, 5) is 4.50. The summed E-state index contributed by atoms with van der Waals surface area (Å²) in [5.41, 5.74) is 3.95. The van der Waals surface area contributed by atoms with E-state index in [2.05, 4.69) is 18.0 Å². The lowest BCUT2D eigenvalue weighted by atomic mass is 10.0. The van der Waals surface area contributed by atoms with Crippen LogP contribution in [-0.2, 0) is 0 Å². The zero-order chi connectivity index (χ0) is 14.1. The highest BCUT2D eigenvalue weighted by molar-refractivity contribution is 6.33. The van der Waals surface area contributed by atoms with Crippen LogP contribution in [0.25, 0.3) is 22.0 Å². The van der Waals surface area contributed by atoms with Gasteiger partial charge in [-0.1, -0.05) is 41.9 Å². The van der Waals surface area contributed by atoms with Crippen molar-refractivity contribution in [1.29, 1.82) is 5.26 Å². The van der Waals surface area contributed by atoms with Crippen molar-refractivity contribution in [2.45, 2.75) is 0 Å². The van der Waals surface area contributed by atoms with E-state index >= 15 is 0 Å². The number of halogens is 1. The van der Waals surface area contributed by atoms with E-state index in [-0.39, 0.29) is 0 Å². The van der Waals surface area contributed by atoms with Crippen LogP contribution in [-0.4, -0.2) is 4.98 Å². The first-order valence-corrected chi connectivity index (χ1v) is 6.48. The van der Waals surface area contributed by atoms with Gasteiger partial charge in [0.2, 0.25) is 0 Å². The summed E-state index contributed by atoms with van der Waals surface area (Å²) in [6.07, 6.45) is 0. The molecule has 0 unspecified atom stereocenters. The van der Waals surface area contributed by atoms with Crippen LogP contribution in [0.4, 0.5) is 0 Å². The molecule has 3 rings (SSSR count). The molecule has 1 radical (unpaired) electrons. The second kappa shape index (κ2) is 4.96. The maximum absolute atomic E-state index is 8.90. The van der Waals surface area contributed by atoms with Gasteiger partial charge < -0.3 is 0 Å². The fraction of sp³-hybridized carbons (Fsp3) is 0. The van der Waals surface area contributed by atoms with Gasteiger partial charge in [-0.3, -0.25) is 4.98 Å². The van der Waals surface area contributed by atoms with Gasteiger partial charge in [0.25, 0.3) is 0 Å². The topological polar surface area (TPSA) is 36.7 Å². The summed E-state index contributed by atoms with van der Waals surface area (Å²) in [6, 6.07) is 17.2. The van der Waals surface area contributed by atoms with E-state index in [1.807, 2.05) is 36.4 Å². The maximum Gasteiger partial charge on any atom is 0.0992 e. The Bertz CT molecular complexity index is 847. The maximum atomic E-state index is 8.90. The van der Waals surface area contributed by atoms with E-state index in [4.69, 9.17) is 16.9 Å². The van der Waals surface area contributed by atoms with Crippen LogP contribution >= 0.6 is 11.6 Å². The van der Waals surface area contributed by atoms with Crippen LogP contribution in [0.5, 0.6) is 0 Å². The van der Waals surface area contributed by atoms with Crippen LogP contribution in [0, 0.1) is 18.3 Å². The largest absolute Gasteiger partial charge is 0.252 e. The van der Waals surface area contributed by atoms with Crippen molar-refractivity contribution in [3.63, 3.8) is 0 Å². The highest BCUT2D eigenvalue weighted by Crippen LogP contribution is 2.33. The summed E-state index contributed by atoms with van der Waals surface area (Å²) < 4.78 is 0. The molecule has 1 heterocycles. The Morgan fingerprint density at radius 1 is 1.05 bits per heavy atom. The SMILES string of the molecule is [CH2]c1ccc2cccc(-c3ccc(C#N)cc3Cl)c2n1. The zero-order valence-electron chi connectivity index (χ0n) is 10.6. The van der Waals surface area contributed by atoms with Gasteiger partial charge in [-0.15, -0.1) is 0 Å². The third-order valence-electron chi connectivity index (χ3n) is 3.17. The van der Waals surface area contributed by atoms with Gasteiger partial charge in [-0.05, 0) is 25.1 Å². The van der Waals surface area contributed by atoms with E-state index in [0.717, 1.165) is 27.7 Å². The van der Waals surface area contributed by atoms with Crippen LogP contribution < -0.4 is 0 Å². The number of hydrogen-bond acceptors (Lipinski definition) is 2. The van der Waals surface area contributed by atoms with E-state index in [1.165, 1.54) is 0 Å². The van der Waals surface area contributed by atoms with E-state index in [0.29, 0.717) is 10.6 Å². The third-order valence-corrected chi connectivity index (χ3v) is 3.48. The second-order valence-corrected chi connectivity index (χ2v) is 4.89. The molecule has 0 aliphatic rings. The first-order chi connectivity index (χ1) is 9.69. The Balaban J connectivity index is 2.30. The molecule has 95 valence electrons. The van der Waals surface area contributed by atoms with Gasteiger partial charge >= 0.3 is 0 Å². The Hall–Kier alpha value is -2.37. The molecule has 0 bridgehead atoms. The van der Waals surface area contributed by atoms with Gasteiger partial charge in [0.05, 0.1) is 17.1 Å². The minimum atomic E-state index is 0.546. The Labute approximate surface area is 122 Å². The average Bonchev–Trinajstić information content (AvgIpc) is 2.46. The summed E-state index contributed by atoms with van der Waals surface area (Å²) in [7, 11) is 0. The predicted molar refractivity (Wildman–Crippen MR) is 81.4 cm³/mol. The third kappa shape index (κ3) is 2.13. The molecule has 0 saturated heterocycles. The number of pyridine rings is 1. The molecule has 0 atom stereocenters. The van der Waals surface area contributed by atoms with Crippen molar-refractivity contribution in [2.75, 3.05) is 0 Å². The van der Waals surface area contributed by atoms with Gasteiger partial charge in [-0.25, -0.2) is 0 Å². The van der Waals surface area contributed by atoms with Crippen LogP contribution in [0.1, 0.15) is 11.3 Å². The molecule has 2 nitrogen and oxygen atoms in total. The molecular formula is C17H10ClN2. The fourth-order valence-corrected chi connectivity index (χ4v) is 2.49. The minimum absolute atomic E-state index is 0.546. The van der Waals surface area contributed by atoms with Crippen molar-refractivity contribution in [3.05, 3.63) is 71.7 Å². The number of aromatic nitrogens is 1. The molecule has 2 aromatic carbocycles. The highest BCUT2D eigenvalue weighted by Gasteiger charge is 2.09. The standard InChI is InChI=1S/C17H10ClN2/c1-11-5-7-13-3-2-4-15(17(13)20-11)14-8-6-12(10-19)9-16(14)18/h2-9H,1H2.